The predicted octanol–water partition coefficient (Wildman–Crippen LogP) is 4.79. The molecule has 0 unspecified atom stereocenters. The molecule has 0 N–H and O–H groups in total. The summed E-state index contributed by atoms with van der Waals surface area (Å²) in [5.41, 5.74) is -0.582. The van der Waals surface area contributed by atoms with Crippen LogP contribution in [0.1, 0.15) is 10.6 Å². The fourth-order valence-corrected chi connectivity index (χ4v) is 4.97. The number of halogens is 4. The van der Waals surface area contributed by atoms with Gasteiger partial charge in [-0.3, -0.25) is 0 Å². The Labute approximate surface area is 156 Å². The van der Waals surface area contributed by atoms with Crippen LogP contribution in [0.2, 0.25) is 5.02 Å². The molecule has 4 nitrogen and oxygen atoms in total. The van der Waals surface area contributed by atoms with Crippen LogP contribution < -0.4 is 0 Å². The minimum atomic E-state index is -4.84. The molecule has 0 amide bonds. The lowest BCUT2D eigenvalue weighted by molar-refractivity contribution is -0.139. The van der Waals surface area contributed by atoms with E-state index in [-0.39, 0.29) is 11.6 Å². The van der Waals surface area contributed by atoms with E-state index in [1.807, 2.05) is 12.1 Å². The Balaban J connectivity index is 1.97. The van der Waals surface area contributed by atoms with Crippen LogP contribution in [0.5, 0.6) is 0 Å². The number of sulfonamides is 1. The van der Waals surface area contributed by atoms with Crippen molar-refractivity contribution in [3.8, 4) is 0 Å². The zero-order valence-electron chi connectivity index (χ0n) is 13.3. The van der Waals surface area contributed by atoms with Crippen molar-refractivity contribution < 1.29 is 21.6 Å². The summed E-state index contributed by atoms with van der Waals surface area (Å²) in [4.78, 5) is 3.48. The molecule has 2 aromatic carbocycles. The maximum absolute atomic E-state index is 13.2. The van der Waals surface area contributed by atoms with Crippen LogP contribution in [-0.4, -0.2) is 24.8 Å². The number of hydrogen-bond donors (Lipinski definition) is 0. The number of benzene rings is 2. The van der Waals surface area contributed by atoms with E-state index in [1.54, 1.807) is 12.1 Å². The highest BCUT2D eigenvalue weighted by Crippen LogP contribution is 2.37. The molecule has 26 heavy (non-hydrogen) atoms. The molecule has 138 valence electrons. The van der Waals surface area contributed by atoms with E-state index >= 15 is 0 Å². The zero-order chi connectivity index (χ0) is 19.1. The van der Waals surface area contributed by atoms with Gasteiger partial charge in [0.05, 0.1) is 27.2 Å². The van der Waals surface area contributed by atoms with E-state index in [1.165, 1.54) is 18.4 Å². The summed E-state index contributed by atoms with van der Waals surface area (Å²) in [6, 6.07) is 9.85. The van der Waals surface area contributed by atoms with Crippen LogP contribution in [0.3, 0.4) is 0 Å². The van der Waals surface area contributed by atoms with Crippen molar-refractivity contribution in [2.24, 2.45) is 0 Å². The summed E-state index contributed by atoms with van der Waals surface area (Å²) in [6.45, 7) is -0.137. The van der Waals surface area contributed by atoms with E-state index in [0.29, 0.717) is 16.6 Å². The highest BCUT2D eigenvalue weighted by molar-refractivity contribution is 7.89. The van der Waals surface area contributed by atoms with Crippen molar-refractivity contribution in [1.29, 1.82) is 0 Å². The number of rotatable bonds is 4. The van der Waals surface area contributed by atoms with E-state index in [9.17, 15) is 21.6 Å². The van der Waals surface area contributed by atoms with Crippen LogP contribution in [0.4, 0.5) is 13.2 Å². The van der Waals surface area contributed by atoms with Crippen molar-refractivity contribution >= 4 is 43.2 Å². The number of hydrogen-bond acceptors (Lipinski definition) is 4. The first-order chi connectivity index (χ1) is 12.1. The quantitative estimate of drug-likeness (QED) is 0.609. The van der Waals surface area contributed by atoms with Gasteiger partial charge >= 0.3 is 6.18 Å². The Kier molecular flexibility index (Phi) is 5.00. The number of para-hydroxylation sites is 1. The van der Waals surface area contributed by atoms with Crippen LogP contribution in [0, 0.1) is 0 Å². The molecule has 3 rings (SSSR count). The minimum Gasteiger partial charge on any atom is -0.240 e. The van der Waals surface area contributed by atoms with Crippen molar-refractivity contribution in [3.05, 3.63) is 58.1 Å². The van der Waals surface area contributed by atoms with E-state index < -0.39 is 26.7 Å². The second kappa shape index (κ2) is 6.80. The molecule has 0 bridgehead atoms. The molecule has 0 aliphatic heterocycles. The van der Waals surface area contributed by atoms with Gasteiger partial charge in [-0.25, -0.2) is 13.4 Å². The standard InChI is InChI=1S/C16H12ClF3N2O2S2/c1-22(9-15-21-12-4-2-3-5-13(12)25-15)26(23,24)14-7-6-10(17)8-11(14)16(18,19)20/h2-8H,9H2,1H3. The van der Waals surface area contributed by atoms with Crippen molar-refractivity contribution in [1.82, 2.24) is 9.29 Å². The van der Waals surface area contributed by atoms with E-state index in [4.69, 9.17) is 11.6 Å². The lowest BCUT2D eigenvalue weighted by atomic mass is 10.2. The first-order valence-electron chi connectivity index (χ1n) is 7.26. The Bertz CT molecular complexity index is 1030. The molecule has 0 saturated carbocycles. The second-order valence-corrected chi connectivity index (χ2v) is 9.04. The normalized spacial score (nSPS) is 12.8. The monoisotopic (exact) mass is 420 g/mol. The highest BCUT2D eigenvalue weighted by atomic mass is 35.5. The first kappa shape index (κ1) is 19.1. The number of thiazole rings is 1. The van der Waals surface area contributed by atoms with Gasteiger partial charge in [0.2, 0.25) is 10.0 Å². The summed E-state index contributed by atoms with van der Waals surface area (Å²) >= 11 is 6.90. The lowest BCUT2D eigenvalue weighted by Gasteiger charge is -2.19. The van der Waals surface area contributed by atoms with Gasteiger partial charge in [0, 0.05) is 12.1 Å². The van der Waals surface area contributed by atoms with E-state index in [0.717, 1.165) is 21.1 Å². The van der Waals surface area contributed by atoms with E-state index in [2.05, 4.69) is 4.98 Å². The van der Waals surface area contributed by atoms with Gasteiger partial charge in [-0.2, -0.15) is 17.5 Å². The Hall–Kier alpha value is -1.68. The maximum Gasteiger partial charge on any atom is 0.417 e. The molecule has 0 radical (unpaired) electrons. The molecule has 0 spiro atoms. The Morgan fingerprint density at radius 3 is 2.54 bits per heavy atom. The maximum atomic E-state index is 13.2. The SMILES string of the molecule is CN(Cc1nc2ccccc2s1)S(=O)(=O)c1ccc(Cl)cc1C(F)(F)F. The zero-order valence-corrected chi connectivity index (χ0v) is 15.7. The third kappa shape index (κ3) is 3.71. The minimum absolute atomic E-state index is 0.137. The lowest BCUT2D eigenvalue weighted by Crippen LogP contribution is -2.28. The summed E-state index contributed by atoms with van der Waals surface area (Å²) < 4.78 is 66.8. The van der Waals surface area contributed by atoms with Gasteiger partial charge in [-0.15, -0.1) is 11.3 Å². The number of nitrogens with zero attached hydrogens (tertiary/aromatic N) is 2. The topological polar surface area (TPSA) is 50.3 Å². The largest absolute Gasteiger partial charge is 0.417 e. The molecule has 3 aromatic rings. The Morgan fingerprint density at radius 1 is 1.19 bits per heavy atom. The average molecular weight is 421 g/mol. The molecular weight excluding hydrogens is 409 g/mol. The summed E-state index contributed by atoms with van der Waals surface area (Å²) in [5.74, 6) is 0. The smallest absolute Gasteiger partial charge is 0.240 e. The van der Waals surface area contributed by atoms with Crippen LogP contribution in [-0.2, 0) is 22.7 Å². The third-order valence-electron chi connectivity index (χ3n) is 3.63. The number of aromatic nitrogens is 1. The van der Waals surface area contributed by atoms with Gasteiger partial charge in [0.1, 0.15) is 5.01 Å². The molecular formula is C16H12ClF3N2O2S2. The predicted molar refractivity (Wildman–Crippen MR) is 94.7 cm³/mol. The van der Waals surface area contributed by atoms with Crippen molar-refractivity contribution in [3.63, 3.8) is 0 Å². The molecule has 0 saturated heterocycles. The molecule has 1 aromatic heterocycles. The van der Waals surface area contributed by atoms with Gasteiger partial charge in [-0.05, 0) is 30.3 Å². The summed E-state index contributed by atoms with van der Waals surface area (Å²) in [7, 11) is -3.17. The number of alkyl halides is 3. The summed E-state index contributed by atoms with van der Waals surface area (Å²) in [5, 5.41) is 0.296. The van der Waals surface area contributed by atoms with Gasteiger partial charge in [-0.1, -0.05) is 23.7 Å². The third-order valence-corrected chi connectivity index (χ3v) is 6.75. The molecule has 0 aliphatic carbocycles. The van der Waals surface area contributed by atoms with Crippen LogP contribution in [0.25, 0.3) is 10.2 Å². The van der Waals surface area contributed by atoms with Crippen LogP contribution >= 0.6 is 22.9 Å². The summed E-state index contributed by atoms with van der Waals surface area (Å²) in [6.07, 6.45) is -4.84. The average Bonchev–Trinajstić information content (AvgIpc) is 2.95. The van der Waals surface area contributed by atoms with Crippen LogP contribution in [0.15, 0.2) is 47.4 Å². The van der Waals surface area contributed by atoms with Crippen molar-refractivity contribution in [2.45, 2.75) is 17.6 Å². The molecule has 1 heterocycles. The van der Waals surface area contributed by atoms with Crippen molar-refractivity contribution in [2.75, 3.05) is 7.05 Å². The van der Waals surface area contributed by atoms with Gasteiger partial charge < -0.3 is 0 Å². The van der Waals surface area contributed by atoms with Gasteiger partial charge in [0.15, 0.2) is 0 Å². The fourth-order valence-electron chi connectivity index (χ4n) is 2.38. The molecule has 0 aliphatic rings. The molecule has 0 fully saturated rings. The Morgan fingerprint density at radius 2 is 1.88 bits per heavy atom. The molecule has 10 heteroatoms. The fraction of sp³-hybridized carbons (Fsp3) is 0.188. The second-order valence-electron chi connectivity index (χ2n) is 5.47. The molecule has 0 atom stereocenters. The number of fused-ring (bicyclic) bond motifs is 1. The highest BCUT2D eigenvalue weighted by Gasteiger charge is 2.38. The van der Waals surface area contributed by atoms with Gasteiger partial charge in [0.25, 0.3) is 0 Å². The first-order valence-corrected chi connectivity index (χ1v) is 9.90.